The number of rotatable bonds is 4. The van der Waals surface area contributed by atoms with Crippen molar-refractivity contribution in [1.82, 2.24) is 9.97 Å². The molecular weight excluding hydrogens is 374 g/mol. The number of fused-ring (bicyclic) bond motifs is 1. The van der Waals surface area contributed by atoms with Gasteiger partial charge in [-0.05, 0) is 32.3 Å². The molecule has 0 bridgehead atoms. The number of carbonyl (C=O) groups is 1. The molecule has 0 radical (unpaired) electrons. The molecular formula is C21H23N3O3S. The smallest absolute Gasteiger partial charge is 0.310 e. The second kappa shape index (κ2) is 7.75. The number of benzene rings is 1. The van der Waals surface area contributed by atoms with E-state index in [1.54, 1.807) is 0 Å². The summed E-state index contributed by atoms with van der Waals surface area (Å²) in [6.07, 6.45) is 1.66. The Kier molecular flexibility index (Phi) is 5.17. The SMILES string of the molecule is CCOC(=O)C1CCCN(c2nc3c(-c4cccc(C)c4)csc3c(=O)[nH]2)C1. The molecule has 1 atom stereocenters. The number of hydrogen-bond donors (Lipinski definition) is 1. The quantitative estimate of drug-likeness (QED) is 0.679. The standard InChI is InChI=1S/C21H23N3O3S/c1-3-27-20(26)15-8-5-9-24(11-15)21-22-17-16(12-28-18(17)19(25)23-21)14-7-4-6-13(2)10-14/h4,6-7,10,12,15H,3,5,8-9,11H2,1-2H3,(H,22,23,25). The van der Waals surface area contributed by atoms with E-state index < -0.39 is 0 Å². The minimum Gasteiger partial charge on any atom is -0.466 e. The van der Waals surface area contributed by atoms with E-state index in [1.807, 2.05) is 42.3 Å². The lowest BCUT2D eigenvalue weighted by atomic mass is 9.98. The van der Waals surface area contributed by atoms with Crippen LogP contribution in [0, 0.1) is 12.8 Å². The molecule has 1 aromatic carbocycles. The number of esters is 1. The van der Waals surface area contributed by atoms with Gasteiger partial charge in [-0.15, -0.1) is 11.3 Å². The van der Waals surface area contributed by atoms with Gasteiger partial charge in [-0.3, -0.25) is 14.6 Å². The number of H-pyrrole nitrogens is 1. The van der Waals surface area contributed by atoms with E-state index in [9.17, 15) is 9.59 Å². The zero-order valence-corrected chi connectivity index (χ0v) is 16.8. The molecule has 146 valence electrons. The van der Waals surface area contributed by atoms with Crippen molar-refractivity contribution in [1.29, 1.82) is 0 Å². The minimum absolute atomic E-state index is 0.137. The summed E-state index contributed by atoms with van der Waals surface area (Å²) >= 11 is 1.41. The fourth-order valence-electron chi connectivity index (χ4n) is 3.71. The topological polar surface area (TPSA) is 75.3 Å². The molecule has 3 aromatic rings. The maximum absolute atomic E-state index is 12.7. The summed E-state index contributed by atoms with van der Waals surface area (Å²) in [7, 11) is 0. The first-order valence-corrected chi connectivity index (χ1v) is 10.4. The van der Waals surface area contributed by atoms with Crippen LogP contribution in [0.2, 0.25) is 0 Å². The molecule has 0 aliphatic carbocycles. The third-order valence-electron chi connectivity index (χ3n) is 5.08. The summed E-state index contributed by atoms with van der Waals surface area (Å²) in [5.74, 6) is 0.166. The molecule has 6 nitrogen and oxygen atoms in total. The highest BCUT2D eigenvalue weighted by Gasteiger charge is 2.28. The number of ether oxygens (including phenoxy) is 1. The van der Waals surface area contributed by atoms with Gasteiger partial charge in [-0.1, -0.05) is 29.8 Å². The van der Waals surface area contributed by atoms with Crippen molar-refractivity contribution in [2.45, 2.75) is 26.7 Å². The predicted octanol–water partition coefficient (Wildman–Crippen LogP) is 3.74. The van der Waals surface area contributed by atoms with Crippen LogP contribution in [0.4, 0.5) is 5.95 Å². The lowest BCUT2D eigenvalue weighted by molar-refractivity contribution is -0.148. The van der Waals surface area contributed by atoms with Crippen LogP contribution in [0.3, 0.4) is 0 Å². The van der Waals surface area contributed by atoms with Gasteiger partial charge in [0.1, 0.15) is 4.70 Å². The minimum atomic E-state index is -0.187. The Bertz CT molecular complexity index is 1070. The molecule has 2 aromatic heterocycles. The molecule has 0 amide bonds. The van der Waals surface area contributed by atoms with Crippen molar-refractivity contribution < 1.29 is 9.53 Å². The first kappa shape index (κ1) is 18.7. The number of carbonyl (C=O) groups excluding carboxylic acids is 1. The molecule has 1 N–H and O–H groups in total. The average molecular weight is 398 g/mol. The summed E-state index contributed by atoms with van der Waals surface area (Å²) in [6, 6.07) is 8.19. The fourth-order valence-corrected chi connectivity index (χ4v) is 4.61. The van der Waals surface area contributed by atoms with E-state index in [4.69, 9.17) is 9.72 Å². The van der Waals surface area contributed by atoms with Crippen LogP contribution in [0.5, 0.6) is 0 Å². The first-order valence-electron chi connectivity index (χ1n) is 9.57. The van der Waals surface area contributed by atoms with Crippen molar-refractivity contribution in [3.8, 4) is 11.1 Å². The molecule has 1 aliphatic rings. The third-order valence-corrected chi connectivity index (χ3v) is 6.05. The van der Waals surface area contributed by atoms with Crippen molar-refractivity contribution in [2.24, 2.45) is 5.92 Å². The van der Waals surface area contributed by atoms with Gasteiger partial charge >= 0.3 is 5.97 Å². The highest BCUT2D eigenvalue weighted by Crippen LogP contribution is 2.32. The van der Waals surface area contributed by atoms with Crippen LogP contribution in [0.15, 0.2) is 34.4 Å². The van der Waals surface area contributed by atoms with Crippen molar-refractivity contribution in [3.63, 3.8) is 0 Å². The first-order chi connectivity index (χ1) is 13.6. The number of aromatic amines is 1. The Morgan fingerprint density at radius 3 is 3.07 bits per heavy atom. The van der Waals surface area contributed by atoms with Gasteiger partial charge in [-0.2, -0.15) is 0 Å². The molecule has 0 spiro atoms. The second-order valence-corrected chi connectivity index (χ2v) is 8.00. The highest BCUT2D eigenvalue weighted by atomic mass is 32.1. The summed E-state index contributed by atoms with van der Waals surface area (Å²) in [4.78, 5) is 34.5. The van der Waals surface area contributed by atoms with E-state index in [0.29, 0.717) is 29.3 Å². The molecule has 1 aliphatic heterocycles. The van der Waals surface area contributed by atoms with E-state index in [-0.39, 0.29) is 17.4 Å². The van der Waals surface area contributed by atoms with E-state index in [0.717, 1.165) is 36.1 Å². The summed E-state index contributed by atoms with van der Waals surface area (Å²) in [5, 5.41) is 1.99. The Labute approximate surface area is 167 Å². The molecule has 4 rings (SSSR count). The Hall–Kier alpha value is -2.67. The number of aryl methyl sites for hydroxylation is 1. The van der Waals surface area contributed by atoms with Gasteiger partial charge in [0.05, 0.1) is 18.0 Å². The molecule has 0 saturated carbocycles. The van der Waals surface area contributed by atoms with Crippen molar-refractivity contribution in [3.05, 3.63) is 45.6 Å². The van der Waals surface area contributed by atoms with Crippen LogP contribution in [0.1, 0.15) is 25.3 Å². The molecule has 1 unspecified atom stereocenters. The number of thiophene rings is 1. The molecule has 7 heteroatoms. The van der Waals surface area contributed by atoms with E-state index in [2.05, 4.69) is 11.1 Å². The number of nitrogens with zero attached hydrogens (tertiary/aromatic N) is 2. The normalized spacial score (nSPS) is 17.1. The van der Waals surface area contributed by atoms with Crippen LogP contribution >= 0.6 is 11.3 Å². The van der Waals surface area contributed by atoms with Gasteiger partial charge in [0.25, 0.3) is 5.56 Å². The van der Waals surface area contributed by atoms with Crippen molar-refractivity contribution in [2.75, 3.05) is 24.6 Å². The zero-order valence-electron chi connectivity index (χ0n) is 16.0. The van der Waals surface area contributed by atoms with Gasteiger partial charge in [0.2, 0.25) is 5.95 Å². The maximum atomic E-state index is 12.7. The number of anilines is 1. The van der Waals surface area contributed by atoms with Crippen LogP contribution in [0.25, 0.3) is 21.3 Å². The monoisotopic (exact) mass is 397 g/mol. The van der Waals surface area contributed by atoms with E-state index in [1.165, 1.54) is 11.3 Å². The maximum Gasteiger partial charge on any atom is 0.310 e. The van der Waals surface area contributed by atoms with Crippen LogP contribution in [-0.2, 0) is 9.53 Å². The summed E-state index contributed by atoms with van der Waals surface area (Å²) in [6.45, 7) is 5.51. The average Bonchev–Trinajstić information content (AvgIpc) is 3.13. The summed E-state index contributed by atoms with van der Waals surface area (Å²) in [5.41, 5.74) is 3.76. The number of aromatic nitrogens is 2. The van der Waals surface area contributed by atoms with Crippen molar-refractivity contribution >= 4 is 33.5 Å². The van der Waals surface area contributed by atoms with E-state index >= 15 is 0 Å². The largest absolute Gasteiger partial charge is 0.466 e. The number of hydrogen-bond acceptors (Lipinski definition) is 6. The summed E-state index contributed by atoms with van der Waals surface area (Å²) < 4.78 is 5.80. The third kappa shape index (κ3) is 3.54. The number of nitrogens with one attached hydrogen (secondary N) is 1. The lowest BCUT2D eigenvalue weighted by Gasteiger charge is -2.31. The molecule has 28 heavy (non-hydrogen) atoms. The second-order valence-electron chi connectivity index (χ2n) is 7.12. The van der Waals surface area contributed by atoms with Gasteiger partial charge in [-0.25, -0.2) is 4.98 Å². The Balaban J connectivity index is 1.71. The predicted molar refractivity (Wildman–Crippen MR) is 112 cm³/mol. The molecule has 3 heterocycles. The highest BCUT2D eigenvalue weighted by molar-refractivity contribution is 7.17. The van der Waals surface area contributed by atoms with Gasteiger partial charge < -0.3 is 9.64 Å². The zero-order chi connectivity index (χ0) is 19.7. The van der Waals surface area contributed by atoms with Crippen LogP contribution in [-0.4, -0.2) is 35.6 Å². The fraction of sp³-hybridized carbons (Fsp3) is 0.381. The lowest BCUT2D eigenvalue weighted by Crippen LogP contribution is -2.40. The van der Waals surface area contributed by atoms with Gasteiger partial charge in [0.15, 0.2) is 0 Å². The van der Waals surface area contributed by atoms with Gasteiger partial charge in [0, 0.05) is 24.0 Å². The molecule has 1 saturated heterocycles. The molecule has 1 fully saturated rings. The Morgan fingerprint density at radius 2 is 2.29 bits per heavy atom. The van der Waals surface area contributed by atoms with Crippen LogP contribution < -0.4 is 10.5 Å². The number of piperidine rings is 1. The Morgan fingerprint density at radius 1 is 1.43 bits per heavy atom.